The fourth-order valence-corrected chi connectivity index (χ4v) is 3.44. The number of anilines is 1. The number of hydrogen-bond acceptors (Lipinski definition) is 5. The molecule has 1 atom stereocenters. The average molecular weight is 398 g/mol. The first-order valence-corrected chi connectivity index (χ1v) is 9.69. The predicted molar refractivity (Wildman–Crippen MR) is 107 cm³/mol. The van der Waals surface area contributed by atoms with Gasteiger partial charge < -0.3 is 19.6 Å². The van der Waals surface area contributed by atoms with Crippen molar-refractivity contribution in [1.82, 2.24) is 15.0 Å². The molecule has 8 heteroatoms. The Balaban J connectivity index is 1.55. The smallest absolute Gasteiger partial charge is 0.253 e. The molecule has 1 aliphatic heterocycles. The average Bonchev–Trinajstić information content (AvgIpc) is 3.35. The number of likely N-dealkylation sites (tertiary alicyclic amines) is 1. The van der Waals surface area contributed by atoms with Crippen molar-refractivity contribution in [2.45, 2.75) is 38.6 Å². The van der Waals surface area contributed by atoms with Crippen molar-refractivity contribution in [1.29, 1.82) is 0 Å². The van der Waals surface area contributed by atoms with E-state index in [0.29, 0.717) is 42.9 Å². The lowest BCUT2D eigenvalue weighted by molar-refractivity contribution is -0.136. The summed E-state index contributed by atoms with van der Waals surface area (Å²) in [6.45, 7) is 2.32. The third kappa shape index (κ3) is 5.01. The van der Waals surface area contributed by atoms with Gasteiger partial charge in [0, 0.05) is 38.7 Å². The molecule has 0 saturated carbocycles. The summed E-state index contributed by atoms with van der Waals surface area (Å²) in [5.74, 6) is 0.626. The molecular weight excluding hydrogens is 372 g/mol. The fourth-order valence-electron chi connectivity index (χ4n) is 3.44. The maximum Gasteiger partial charge on any atom is 0.253 e. The molecule has 1 fully saturated rings. The summed E-state index contributed by atoms with van der Waals surface area (Å²) in [4.78, 5) is 40.4. The lowest BCUT2D eigenvalue weighted by atomic mass is 10.1. The summed E-state index contributed by atoms with van der Waals surface area (Å²) >= 11 is 0. The van der Waals surface area contributed by atoms with Gasteiger partial charge in [-0.15, -0.1) is 0 Å². The van der Waals surface area contributed by atoms with Crippen LogP contribution in [0.2, 0.25) is 0 Å². The van der Waals surface area contributed by atoms with E-state index in [1.807, 2.05) is 12.1 Å². The van der Waals surface area contributed by atoms with Crippen molar-refractivity contribution in [3.63, 3.8) is 0 Å². The summed E-state index contributed by atoms with van der Waals surface area (Å²) in [5, 5.41) is 6.48. The molecule has 0 unspecified atom stereocenters. The number of aryl methyl sites for hydroxylation is 2. The molecule has 1 saturated heterocycles. The van der Waals surface area contributed by atoms with Gasteiger partial charge in [0.15, 0.2) is 5.82 Å². The maximum absolute atomic E-state index is 12.7. The zero-order valence-corrected chi connectivity index (χ0v) is 17.0. The lowest BCUT2D eigenvalue weighted by Gasteiger charge is -2.23. The molecule has 8 nitrogen and oxygen atoms in total. The van der Waals surface area contributed by atoms with Crippen molar-refractivity contribution in [3.8, 4) is 0 Å². The Kier molecular flexibility index (Phi) is 6.31. The van der Waals surface area contributed by atoms with Crippen LogP contribution in [0.4, 0.5) is 5.82 Å². The fraction of sp³-hybridized carbons (Fsp3) is 0.429. The maximum atomic E-state index is 12.7. The van der Waals surface area contributed by atoms with Gasteiger partial charge in [0.25, 0.3) is 5.91 Å². The van der Waals surface area contributed by atoms with E-state index < -0.39 is 6.04 Å². The van der Waals surface area contributed by atoms with E-state index in [1.165, 1.54) is 4.90 Å². The van der Waals surface area contributed by atoms with Crippen molar-refractivity contribution in [2.75, 3.05) is 26.0 Å². The topological polar surface area (TPSA) is 95.8 Å². The van der Waals surface area contributed by atoms with Gasteiger partial charge in [-0.1, -0.05) is 17.3 Å². The van der Waals surface area contributed by atoms with Gasteiger partial charge >= 0.3 is 0 Å². The molecule has 0 spiro atoms. The Morgan fingerprint density at radius 2 is 1.97 bits per heavy atom. The monoisotopic (exact) mass is 398 g/mol. The number of aromatic nitrogens is 1. The quantitative estimate of drug-likeness (QED) is 0.805. The van der Waals surface area contributed by atoms with E-state index in [4.69, 9.17) is 4.52 Å². The van der Waals surface area contributed by atoms with Crippen LogP contribution in [0.5, 0.6) is 0 Å². The molecule has 1 N–H and O–H groups in total. The highest BCUT2D eigenvalue weighted by molar-refractivity contribution is 5.97. The molecule has 1 aromatic carbocycles. The molecule has 2 heterocycles. The summed E-state index contributed by atoms with van der Waals surface area (Å²) in [5.41, 5.74) is 1.59. The van der Waals surface area contributed by atoms with Crippen molar-refractivity contribution in [3.05, 3.63) is 47.2 Å². The highest BCUT2D eigenvalue weighted by atomic mass is 16.5. The summed E-state index contributed by atoms with van der Waals surface area (Å²) in [6, 6.07) is 8.43. The predicted octanol–water partition coefficient (Wildman–Crippen LogP) is 2.25. The number of carbonyl (C=O) groups is 3. The Morgan fingerprint density at radius 1 is 1.24 bits per heavy atom. The standard InChI is InChI=1S/C21H26N4O4/c1-14-13-18(23-29-14)22-20(27)17-5-4-12-25(17)19(26)11-8-15-6-9-16(10-7-15)21(28)24(2)3/h6-7,9-10,13,17H,4-5,8,11-12H2,1-3H3,(H,22,23,27)/t17-/m1/s1. The second-order valence-electron chi connectivity index (χ2n) is 7.45. The molecule has 29 heavy (non-hydrogen) atoms. The van der Waals surface area contributed by atoms with Crippen molar-refractivity contribution < 1.29 is 18.9 Å². The summed E-state index contributed by atoms with van der Waals surface area (Å²) in [7, 11) is 3.42. The molecule has 3 amide bonds. The molecule has 0 aliphatic carbocycles. The minimum Gasteiger partial charge on any atom is -0.360 e. The highest BCUT2D eigenvalue weighted by Gasteiger charge is 2.34. The van der Waals surface area contributed by atoms with Crippen LogP contribution in [0, 0.1) is 6.92 Å². The molecule has 0 radical (unpaired) electrons. The van der Waals surface area contributed by atoms with Crippen LogP contribution >= 0.6 is 0 Å². The first-order valence-electron chi connectivity index (χ1n) is 9.69. The summed E-state index contributed by atoms with van der Waals surface area (Å²) < 4.78 is 4.96. The van der Waals surface area contributed by atoms with Crippen LogP contribution in [0.3, 0.4) is 0 Å². The Labute approximate surface area is 169 Å². The number of amides is 3. The van der Waals surface area contributed by atoms with Crippen LogP contribution in [-0.2, 0) is 16.0 Å². The molecule has 0 bridgehead atoms. The first kappa shape index (κ1) is 20.6. The third-order valence-corrected chi connectivity index (χ3v) is 4.99. The molecular formula is C21H26N4O4. The van der Waals surface area contributed by atoms with Gasteiger partial charge in [-0.2, -0.15) is 0 Å². The van der Waals surface area contributed by atoms with Gasteiger partial charge in [-0.3, -0.25) is 14.4 Å². The summed E-state index contributed by atoms with van der Waals surface area (Å²) in [6.07, 6.45) is 2.30. The molecule has 3 rings (SSSR count). The molecule has 1 aliphatic rings. The van der Waals surface area contributed by atoms with Gasteiger partial charge in [0.1, 0.15) is 11.8 Å². The second kappa shape index (κ2) is 8.89. The minimum atomic E-state index is -0.486. The molecule has 1 aromatic heterocycles. The van der Waals surface area contributed by atoms with Crippen LogP contribution in [-0.4, -0.2) is 59.4 Å². The number of rotatable bonds is 6. The van der Waals surface area contributed by atoms with E-state index >= 15 is 0 Å². The third-order valence-electron chi connectivity index (χ3n) is 4.99. The van der Waals surface area contributed by atoms with E-state index in [-0.39, 0.29) is 17.7 Å². The van der Waals surface area contributed by atoms with Crippen molar-refractivity contribution in [2.24, 2.45) is 0 Å². The first-order chi connectivity index (χ1) is 13.8. The van der Waals surface area contributed by atoms with E-state index in [9.17, 15) is 14.4 Å². The number of benzene rings is 1. The van der Waals surface area contributed by atoms with Gasteiger partial charge in [0.05, 0.1) is 0 Å². The van der Waals surface area contributed by atoms with Crippen LogP contribution in [0.15, 0.2) is 34.9 Å². The van der Waals surface area contributed by atoms with Crippen LogP contribution in [0.1, 0.15) is 40.9 Å². The Morgan fingerprint density at radius 3 is 2.59 bits per heavy atom. The van der Waals surface area contributed by atoms with Crippen LogP contribution in [0.25, 0.3) is 0 Å². The minimum absolute atomic E-state index is 0.0487. The SMILES string of the molecule is Cc1cc(NC(=O)[C@H]2CCCN2C(=O)CCc2ccc(C(=O)N(C)C)cc2)no1. The zero-order chi connectivity index (χ0) is 21.0. The van der Waals surface area contributed by atoms with E-state index in [2.05, 4.69) is 10.5 Å². The second-order valence-corrected chi connectivity index (χ2v) is 7.45. The largest absolute Gasteiger partial charge is 0.360 e. The van der Waals surface area contributed by atoms with E-state index in [0.717, 1.165) is 12.0 Å². The van der Waals surface area contributed by atoms with Gasteiger partial charge in [0.2, 0.25) is 11.8 Å². The van der Waals surface area contributed by atoms with Crippen LogP contribution < -0.4 is 5.32 Å². The molecule has 2 aromatic rings. The van der Waals surface area contributed by atoms with Gasteiger partial charge in [-0.25, -0.2) is 0 Å². The molecule has 154 valence electrons. The number of carbonyl (C=O) groups excluding carboxylic acids is 3. The van der Waals surface area contributed by atoms with E-state index in [1.54, 1.807) is 44.1 Å². The Bertz CT molecular complexity index is 888. The lowest BCUT2D eigenvalue weighted by Crippen LogP contribution is -2.43. The normalized spacial score (nSPS) is 16.0. The highest BCUT2D eigenvalue weighted by Crippen LogP contribution is 2.21. The Hall–Kier alpha value is -3.16. The zero-order valence-electron chi connectivity index (χ0n) is 17.0. The number of hydrogen-bond donors (Lipinski definition) is 1. The van der Waals surface area contributed by atoms with Crippen molar-refractivity contribution >= 4 is 23.5 Å². The van der Waals surface area contributed by atoms with Gasteiger partial charge in [-0.05, 0) is 43.9 Å². The number of nitrogens with one attached hydrogen (secondary N) is 1. The number of nitrogens with zero attached hydrogens (tertiary/aromatic N) is 3.